The van der Waals surface area contributed by atoms with Crippen molar-refractivity contribution in [3.63, 3.8) is 0 Å². The summed E-state index contributed by atoms with van der Waals surface area (Å²) in [5.41, 5.74) is 0.552. The summed E-state index contributed by atoms with van der Waals surface area (Å²) in [4.78, 5) is 11.5. The van der Waals surface area contributed by atoms with Crippen molar-refractivity contribution in [3.05, 3.63) is 28.8 Å². The second-order valence-electron chi connectivity index (χ2n) is 4.78. The van der Waals surface area contributed by atoms with Gasteiger partial charge < -0.3 is 4.74 Å². The van der Waals surface area contributed by atoms with E-state index in [-0.39, 0.29) is 11.2 Å². The first-order valence-electron chi connectivity index (χ1n) is 5.35. The number of hydrogen-bond acceptors (Lipinski definition) is 2. The smallest absolute Gasteiger partial charge is 0.163 e. The molecule has 0 saturated heterocycles. The fourth-order valence-electron chi connectivity index (χ4n) is 1.21. The molecule has 0 N–H and O–H groups in total. The number of halogens is 2. The second kappa shape index (κ2) is 5.87. The van der Waals surface area contributed by atoms with E-state index in [2.05, 4.69) is 29.8 Å². The molecule has 0 fully saturated rings. The van der Waals surface area contributed by atoms with Gasteiger partial charge in [-0.2, -0.15) is 0 Å². The van der Waals surface area contributed by atoms with Crippen molar-refractivity contribution < 1.29 is 9.53 Å². The van der Waals surface area contributed by atoms with Crippen LogP contribution in [0.1, 0.15) is 31.1 Å². The molecule has 4 heteroatoms. The number of alkyl halides is 1. The number of ketones is 1. The van der Waals surface area contributed by atoms with Crippen molar-refractivity contribution in [2.75, 3.05) is 11.9 Å². The Morgan fingerprint density at radius 2 is 2.12 bits per heavy atom. The van der Waals surface area contributed by atoms with E-state index in [0.717, 1.165) is 5.33 Å². The molecule has 0 aromatic heterocycles. The van der Waals surface area contributed by atoms with E-state index in [1.165, 1.54) is 6.92 Å². The average Bonchev–Trinajstić information content (AvgIpc) is 2.27. The molecule has 0 radical (unpaired) electrons. The Morgan fingerprint density at radius 3 is 2.65 bits per heavy atom. The molecule has 1 rings (SSSR count). The van der Waals surface area contributed by atoms with Crippen LogP contribution in [0.5, 0.6) is 5.75 Å². The van der Waals surface area contributed by atoms with E-state index in [4.69, 9.17) is 16.3 Å². The van der Waals surface area contributed by atoms with Crippen molar-refractivity contribution in [1.29, 1.82) is 0 Å². The van der Waals surface area contributed by atoms with Gasteiger partial charge >= 0.3 is 0 Å². The van der Waals surface area contributed by atoms with Gasteiger partial charge in [0.05, 0.1) is 12.2 Å². The van der Waals surface area contributed by atoms with Crippen LogP contribution < -0.4 is 4.74 Å². The Kier molecular flexibility index (Phi) is 5.02. The zero-order valence-corrected chi connectivity index (χ0v) is 12.6. The Hall–Kier alpha value is -0.540. The molecule has 0 aliphatic carbocycles. The molecule has 0 aliphatic heterocycles. The lowest BCUT2D eigenvalue weighted by molar-refractivity contribution is 0.101. The topological polar surface area (TPSA) is 26.3 Å². The number of carbonyl (C=O) groups excluding carboxylic acids is 1. The molecule has 17 heavy (non-hydrogen) atoms. The number of rotatable bonds is 5. The van der Waals surface area contributed by atoms with Gasteiger partial charge in [-0.25, -0.2) is 0 Å². The van der Waals surface area contributed by atoms with Gasteiger partial charge in [-0.05, 0) is 25.1 Å². The maximum absolute atomic E-state index is 11.5. The number of hydrogen-bond donors (Lipinski definition) is 0. The van der Waals surface area contributed by atoms with E-state index >= 15 is 0 Å². The summed E-state index contributed by atoms with van der Waals surface area (Å²) in [6.45, 7) is 6.23. The molecule has 2 nitrogen and oxygen atoms in total. The lowest BCUT2D eigenvalue weighted by Crippen LogP contribution is -2.23. The van der Waals surface area contributed by atoms with Crippen molar-refractivity contribution >= 4 is 33.3 Å². The van der Waals surface area contributed by atoms with Gasteiger partial charge in [-0.15, -0.1) is 0 Å². The minimum Gasteiger partial charge on any atom is -0.492 e. The molecule has 0 saturated carbocycles. The van der Waals surface area contributed by atoms with Gasteiger partial charge in [-0.3, -0.25) is 4.79 Å². The second-order valence-corrected chi connectivity index (χ2v) is 5.78. The molecule has 1 aromatic rings. The van der Waals surface area contributed by atoms with Gasteiger partial charge in [0.15, 0.2) is 5.78 Å². The van der Waals surface area contributed by atoms with Crippen molar-refractivity contribution in [2.24, 2.45) is 5.41 Å². The van der Waals surface area contributed by atoms with Gasteiger partial charge in [-0.1, -0.05) is 41.4 Å². The Labute approximate surface area is 115 Å². The first-order valence-corrected chi connectivity index (χ1v) is 6.85. The van der Waals surface area contributed by atoms with E-state index < -0.39 is 0 Å². The third-order valence-electron chi connectivity index (χ3n) is 2.30. The van der Waals surface area contributed by atoms with Crippen LogP contribution in [0.3, 0.4) is 0 Å². The van der Waals surface area contributed by atoms with Gasteiger partial charge in [0.1, 0.15) is 5.75 Å². The summed E-state index contributed by atoms with van der Waals surface area (Å²) in [7, 11) is 0. The molecular weight excluding hydrogens is 303 g/mol. The number of carbonyl (C=O) groups is 1. The largest absolute Gasteiger partial charge is 0.492 e. The number of benzene rings is 1. The van der Waals surface area contributed by atoms with Crippen molar-refractivity contribution in [3.8, 4) is 5.75 Å². The fraction of sp³-hybridized carbons (Fsp3) is 0.462. The molecule has 0 atom stereocenters. The lowest BCUT2D eigenvalue weighted by Gasteiger charge is -2.22. The summed E-state index contributed by atoms with van der Waals surface area (Å²) >= 11 is 9.30. The number of ether oxygens (including phenoxy) is 1. The van der Waals surface area contributed by atoms with E-state index in [0.29, 0.717) is 22.9 Å². The molecule has 0 aliphatic rings. The summed E-state index contributed by atoms with van der Waals surface area (Å²) < 4.78 is 5.70. The zero-order valence-electron chi connectivity index (χ0n) is 10.2. The summed E-state index contributed by atoms with van der Waals surface area (Å²) in [5, 5.41) is 1.38. The highest BCUT2D eigenvalue weighted by atomic mass is 79.9. The summed E-state index contributed by atoms with van der Waals surface area (Å²) in [6.07, 6.45) is 0. The van der Waals surface area contributed by atoms with Gasteiger partial charge in [0.2, 0.25) is 0 Å². The quantitative estimate of drug-likeness (QED) is 0.596. The third-order valence-corrected chi connectivity index (χ3v) is 4.05. The predicted octanol–water partition coefficient (Wildman–Crippen LogP) is 4.34. The monoisotopic (exact) mass is 318 g/mol. The van der Waals surface area contributed by atoms with E-state index in [1.807, 2.05) is 0 Å². The Morgan fingerprint density at radius 1 is 1.47 bits per heavy atom. The SMILES string of the molecule is CC(=O)c1cc(Cl)ccc1OCC(C)(C)CBr. The normalized spacial score (nSPS) is 11.4. The standard InChI is InChI=1S/C13H16BrClO2/c1-9(16)11-6-10(15)4-5-12(11)17-8-13(2,3)7-14/h4-6H,7-8H2,1-3H3. The minimum atomic E-state index is -0.0425. The van der Waals surface area contributed by atoms with Crippen LogP contribution >= 0.6 is 27.5 Å². The third kappa shape index (κ3) is 4.32. The van der Waals surface area contributed by atoms with Gasteiger partial charge in [0, 0.05) is 15.8 Å². The molecule has 0 heterocycles. The highest BCUT2D eigenvalue weighted by Crippen LogP contribution is 2.26. The van der Waals surface area contributed by atoms with Crippen LogP contribution in [0, 0.1) is 5.41 Å². The molecule has 94 valence electrons. The Balaban J connectivity index is 2.88. The lowest BCUT2D eigenvalue weighted by atomic mass is 9.98. The maximum Gasteiger partial charge on any atom is 0.163 e. The summed E-state index contributed by atoms with van der Waals surface area (Å²) in [5.74, 6) is 0.551. The Bertz CT molecular complexity index is 416. The van der Waals surface area contributed by atoms with E-state index in [9.17, 15) is 4.79 Å². The molecular formula is C13H16BrClO2. The van der Waals surface area contributed by atoms with Crippen LogP contribution in [0.2, 0.25) is 5.02 Å². The van der Waals surface area contributed by atoms with E-state index in [1.54, 1.807) is 18.2 Å². The summed E-state index contributed by atoms with van der Waals surface area (Å²) in [6, 6.07) is 5.11. The van der Waals surface area contributed by atoms with Gasteiger partial charge in [0.25, 0.3) is 0 Å². The van der Waals surface area contributed by atoms with Crippen LogP contribution in [0.15, 0.2) is 18.2 Å². The molecule has 0 spiro atoms. The van der Waals surface area contributed by atoms with Crippen molar-refractivity contribution in [1.82, 2.24) is 0 Å². The van der Waals surface area contributed by atoms with Crippen LogP contribution in [0.4, 0.5) is 0 Å². The molecule has 0 amide bonds. The minimum absolute atomic E-state index is 0.0215. The zero-order chi connectivity index (χ0) is 13.1. The molecule has 0 bridgehead atoms. The average molecular weight is 320 g/mol. The number of Topliss-reactive ketones (excluding diaryl/α,β-unsaturated/α-hetero) is 1. The van der Waals surface area contributed by atoms with Crippen molar-refractivity contribution in [2.45, 2.75) is 20.8 Å². The first-order chi connectivity index (χ1) is 7.85. The van der Waals surface area contributed by atoms with Crippen LogP contribution in [-0.2, 0) is 0 Å². The van der Waals surface area contributed by atoms with Crippen LogP contribution in [-0.4, -0.2) is 17.7 Å². The first kappa shape index (κ1) is 14.5. The highest BCUT2D eigenvalue weighted by Gasteiger charge is 2.18. The molecule has 0 unspecified atom stereocenters. The predicted molar refractivity (Wildman–Crippen MR) is 74.5 cm³/mol. The fourth-order valence-corrected chi connectivity index (χ4v) is 1.55. The molecule has 1 aromatic carbocycles. The van der Waals surface area contributed by atoms with Crippen LogP contribution in [0.25, 0.3) is 0 Å². The maximum atomic E-state index is 11.5. The highest BCUT2D eigenvalue weighted by molar-refractivity contribution is 9.09.